The minimum Gasteiger partial charge on any atom is -0.493 e. The Morgan fingerprint density at radius 1 is 1.05 bits per heavy atom. The molecule has 0 aliphatic carbocycles. The van der Waals surface area contributed by atoms with Crippen LogP contribution in [0.2, 0.25) is 0 Å². The Morgan fingerprint density at radius 3 is 2.36 bits per heavy atom. The highest BCUT2D eigenvalue weighted by Crippen LogP contribution is 2.26. The van der Waals surface area contributed by atoms with Crippen LogP contribution in [0.15, 0.2) is 65.7 Å². The normalized spacial score (nSPS) is 11.1. The van der Waals surface area contributed by atoms with Crippen LogP contribution >= 0.6 is 23.6 Å². The number of para-hydroxylation sites is 1. The summed E-state index contributed by atoms with van der Waals surface area (Å²) in [5, 5.41) is 10.4. The summed E-state index contributed by atoms with van der Waals surface area (Å²) < 4.78 is 2.36. The third kappa shape index (κ3) is 3.32. The third-order valence-corrected chi connectivity index (χ3v) is 4.54. The maximum Gasteiger partial charge on any atom is 0.212 e. The number of hydrogen-bond acceptors (Lipinski definition) is 4. The summed E-state index contributed by atoms with van der Waals surface area (Å²) in [6, 6.07) is 19.5. The van der Waals surface area contributed by atoms with E-state index in [0.717, 1.165) is 11.3 Å². The lowest BCUT2D eigenvalue weighted by molar-refractivity contribution is 0.423. The standard InChI is InChI=1S/C17H14N2OS2/c20-16-15(11-18-14-9-5-2-6-10-14)22-17(21)19(16)12-13-7-3-1-4-8-13/h1-11,20H,12H2. The second-order valence-corrected chi connectivity index (χ2v) is 6.40. The molecule has 3 nitrogen and oxygen atoms in total. The fourth-order valence-electron chi connectivity index (χ4n) is 2.05. The molecule has 3 aromatic rings. The smallest absolute Gasteiger partial charge is 0.212 e. The minimum atomic E-state index is 0.165. The molecule has 2 aromatic carbocycles. The van der Waals surface area contributed by atoms with Crippen molar-refractivity contribution >= 4 is 35.5 Å². The third-order valence-electron chi connectivity index (χ3n) is 3.16. The SMILES string of the molecule is Oc1c(C=Nc2ccccc2)sc(=S)n1Cc1ccccc1. The molecule has 5 heteroatoms. The Balaban J connectivity index is 1.87. The molecule has 0 bridgehead atoms. The van der Waals surface area contributed by atoms with Gasteiger partial charge in [-0.15, -0.1) is 0 Å². The van der Waals surface area contributed by atoms with E-state index in [9.17, 15) is 5.11 Å². The molecule has 22 heavy (non-hydrogen) atoms. The molecule has 0 fully saturated rings. The van der Waals surface area contributed by atoms with Gasteiger partial charge >= 0.3 is 0 Å². The molecule has 0 radical (unpaired) electrons. The van der Waals surface area contributed by atoms with Crippen molar-refractivity contribution in [3.8, 4) is 5.88 Å². The van der Waals surface area contributed by atoms with Gasteiger partial charge in [0, 0.05) is 0 Å². The van der Waals surface area contributed by atoms with Crippen molar-refractivity contribution in [1.82, 2.24) is 4.57 Å². The summed E-state index contributed by atoms with van der Waals surface area (Å²) in [5.74, 6) is 0.165. The number of rotatable bonds is 4. The predicted molar refractivity (Wildman–Crippen MR) is 94.0 cm³/mol. The van der Waals surface area contributed by atoms with Crippen LogP contribution in [-0.4, -0.2) is 15.9 Å². The predicted octanol–water partition coefficient (Wildman–Crippen LogP) is 4.78. The van der Waals surface area contributed by atoms with Gasteiger partial charge in [-0.05, 0) is 29.9 Å². The number of aromatic hydroxyl groups is 1. The van der Waals surface area contributed by atoms with Crippen molar-refractivity contribution in [2.24, 2.45) is 4.99 Å². The minimum absolute atomic E-state index is 0.165. The van der Waals surface area contributed by atoms with Gasteiger partial charge in [0.2, 0.25) is 5.88 Å². The van der Waals surface area contributed by atoms with Crippen LogP contribution < -0.4 is 0 Å². The van der Waals surface area contributed by atoms with Crippen LogP contribution in [0.25, 0.3) is 0 Å². The molecule has 110 valence electrons. The van der Waals surface area contributed by atoms with E-state index in [-0.39, 0.29) is 5.88 Å². The highest BCUT2D eigenvalue weighted by atomic mass is 32.1. The first kappa shape index (κ1) is 14.7. The number of benzene rings is 2. The average Bonchev–Trinajstić information content (AvgIpc) is 2.82. The van der Waals surface area contributed by atoms with Gasteiger partial charge in [0.1, 0.15) is 4.88 Å². The molecule has 0 aliphatic rings. The molecule has 1 N–H and O–H groups in total. The molecule has 0 atom stereocenters. The Labute approximate surface area is 137 Å². The van der Waals surface area contributed by atoms with Crippen LogP contribution in [0.1, 0.15) is 10.4 Å². The summed E-state index contributed by atoms with van der Waals surface area (Å²) in [6.07, 6.45) is 1.66. The van der Waals surface area contributed by atoms with E-state index in [4.69, 9.17) is 12.2 Å². The van der Waals surface area contributed by atoms with E-state index in [1.807, 2.05) is 60.7 Å². The quantitative estimate of drug-likeness (QED) is 0.553. The van der Waals surface area contributed by atoms with Gasteiger partial charge in [0.15, 0.2) is 3.95 Å². The first-order valence-electron chi connectivity index (χ1n) is 6.79. The zero-order chi connectivity index (χ0) is 15.4. The Bertz CT molecular complexity index is 836. The van der Waals surface area contributed by atoms with Crippen LogP contribution in [0.5, 0.6) is 5.88 Å². The number of aromatic nitrogens is 1. The van der Waals surface area contributed by atoms with Gasteiger partial charge in [0.25, 0.3) is 0 Å². The van der Waals surface area contributed by atoms with Gasteiger partial charge in [-0.3, -0.25) is 9.56 Å². The number of thiazole rings is 1. The van der Waals surface area contributed by atoms with Gasteiger partial charge < -0.3 is 5.11 Å². The maximum absolute atomic E-state index is 10.4. The largest absolute Gasteiger partial charge is 0.493 e. The summed E-state index contributed by atoms with van der Waals surface area (Å²) >= 11 is 6.71. The van der Waals surface area contributed by atoms with Crippen LogP contribution in [0.3, 0.4) is 0 Å². The molecule has 0 aliphatic heterocycles. The molecule has 0 saturated heterocycles. The zero-order valence-electron chi connectivity index (χ0n) is 11.7. The van der Waals surface area contributed by atoms with Crippen molar-refractivity contribution in [3.63, 3.8) is 0 Å². The van der Waals surface area contributed by atoms with Gasteiger partial charge in [0.05, 0.1) is 18.4 Å². The second-order valence-electron chi connectivity index (χ2n) is 4.72. The first-order valence-corrected chi connectivity index (χ1v) is 8.02. The van der Waals surface area contributed by atoms with Gasteiger partial charge in [-0.2, -0.15) is 0 Å². The molecular weight excluding hydrogens is 312 g/mol. The van der Waals surface area contributed by atoms with Gasteiger partial charge in [-0.25, -0.2) is 0 Å². The van der Waals surface area contributed by atoms with E-state index >= 15 is 0 Å². The van der Waals surface area contributed by atoms with E-state index in [1.165, 1.54) is 11.3 Å². The van der Waals surface area contributed by atoms with Crippen molar-refractivity contribution in [1.29, 1.82) is 0 Å². The molecule has 3 rings (SSSR count). The fourth-order valence-corrected chi connectivity index (χ4v) is 3.23. The molecule has 0 spiro atoms. The molecule has 1 heterocycles. The van der Waals surface area contributed by atoms with Crippen LogP contribution in [-0.2, 0) is 6.54 Å². The van der Waals surface area contributed by atoms with Crippen LogP contribution in [0.4, 0.5) is 5.69 Å². The molecule has 0 unspecified atom stereocenters. The zero-order valence-corrected chi connectivity index (χ0v) is 13.3. The van der Waals surface area contributed by atoms with E-state index in [0.29, 0.717) is 15.4 Å². The summed E-state index contributed by atoms with van der Waals surface area (Å²) in [7, 11) is 0. The summed E-state index contributed by atoms with van der Waals surface area (Å²) in [4.78, 5) is 5.04. The number of hydrogen-bond donors (Lipinski definition) is 1. The number of aliphatic imine (C=N–C) groups is 1. The van der Waals surface area contributed by atoms with E-state index in [2.05, 4.69) is 4.99 Å². The lowest BCUT2D eigenvalue weighted by Crippen LogP contribution is -1.98. The van der Waals surface area contributed by atoms with E-state index in [1.54, 1.807) is 10.8 Å². The molecule has 0 saturated carbocycles. The topological polar surface area (TPSA) is 37.5 Å². The lowest BCUT2D eigenvalue weighted by Gasteiger charge is -2.04. The van der Waals surface area contributed by atoms with Crippen molar-refractivity contribution < 1.29 is 5.11 Å². The number of nitrogens with zero attached hydrogens (tertiary/aromatic N) is 2. The van der Waals surface area contributed by atoms with E-state index < -0.39 is 0 Å². The summed E-state index contributed by atoms with van der Waals surface area (Å²) in [6.45, 7) is 0.557. The fraction of sp³-hybridized carbons (Fsp3) is 0.0588. The monoisotopic (exact) mass is 326 g/mol. The highest BCUT2D eigenvalue weighted by molar-refractivity contribution is 7.73. The van der Waals surface area contributed by atoms with Crippen molar-refractivity contribution in [2.75, 3.05) is 0 Å². The Kier molecular flexibility index (Phi) is 4.46. The van der Waals surface area contributed by atoms with Crippen molar-refractivity contribution in [2.45, 2.75) is 6.54 Å². The lowest BCUT2D eigenvalue weighted by atomic mass is 10.2. The molecule has 1 aromatic heterocycles. The highest BCUT2D eigenvalue weighted by Gasteiger charge is 2.10. The Morgan fingerprint density at radius 2 is 1.68 bits per heavy atom. The Hall–Kier alpha value is -2.24. The summed E-state index contributed by atoms with van der Waals surface area (Å²) in [5.41, 5.74) is 1.94. The maximum atomic E-state index is 10.4. The average molecular weight is 326 g/mol. The molecular formula is C17H14N2OS2. The first-order chi connectivity index (χ1) is 10.7. The van der Waals surface area contributed by atoms with Crippen LogP contribution in [0, 0.1) is 3.95 Å². The van der Waals surface area contributed by atoms with Gasteiger partial charge in [-0.1, -0.05) is 59.9 Å². The molecule has 0 amide bonds. The second kappa shape index (κ2) is 6.68. The van der Waals surface area contributed by atoms with Crippen molar-refractivity contribution in [3.05, 3.63) is 75.1 Å².